The lowest BCUT2D eigenvalue weighted by Gasteiger charge is -2.16. The fraction of sp³-hybridized carbons (Fsp3) is 0.222. The molecule has 0 atom stereocenters. The van der Waals surface area contributed by atoms with Crippen molar-refractivity contribution in [2.75, 3.05) is 22.5 Å². The van der Waals surface area contributed by atoms with Crippen molar-refractivity contribution in [2.45, 2.75) is 17.7 Å². The highest BCUT2D eigenvalue weighted by molar-refractivity contribution is 8.00. The van der Waals surface area contributed by atoms with Crippen molar-refractivity contribution >= 4 is 46.6 Å². The van der Waals surface area contributed by atoms with Crippen LogP contribution in [0.5, 0.6) is 0 Å². The van der Waals surface area contributed by atoms with E-state index in [2.05, 4.69) is 5.32 Å². The average Bonchev–Trinajstić information content (AvgIpc) is 3.01. The van der Waals surface area contributed by atoms with E-state index in [9.17, 15) is 9.59 Å². The Kier molecular flexibility index (Phi) is 5.43. The second kappa shape index (κ2) is 7.73. The summed E-state index contributed by atoms with van der Waals surface area (Å²) >= 11 is 7.30. The molecule has 124 valence electrons. The van der Waals surface area contributed by atoms with Gasteiger partial charge in [0.25, 0.3) is 0 Å². The summed E-state index contributed by atoms with van der Waals surface area (Å²) in [6, 6.07) is 14.8. The summed E-state index contributed by atoms with van der Waals surface area (Å²) in [4.78, 5) is 26.7. The zero-order valence-electron chi connectivity index (χ0n) is 13.0. The van der Waals surface area contributed by atoms with Gasteiger partial charge in [-0.2, -0.15) is 0 Å². The number of carbonyl (C=O) groups excluding carboxylic acids is 2. The molecule has 0 aliphatic carbocycles. The summed E-state index contributed by atoms with van der Waals surface area (Å²) in [5.41, 5.74) is 1.54. The third-order valence-corrected chi connectivity index (χ3v) is 4.96. The van der Waals surface area contributed by atoms with Gasteiger partial charge in [-0.25, -0.2) is 0 Å². The number of nitrogens with one attached hydrogen (secondary N) is 1. The molecule has 0 radical (unpaired) electrons. The summed E-state index contributed by atoms with van der Waals surface area (Å²) in [5.74, 6) is 0.366. The molecule has 2 aromatic carbocycles. The molecule has 1 N–H and O–H groups in total. The van der Waals surface area contributed by atoms with E-state index in [0.717, 1.165) is 23.5 Å². The highest BCUT2D eigenvalue weighted by Crippen LogP contribution is 2.25. The molecule has 1 heterocycles. The maximum absolute atomic E-state index is 12.1. The lowest BCUT2D eigenvalue weighted by molar-refractivity contribution is -0.117. The van der Waals surface area contributed by atoms with Crippen LogP contribution >= 0.6 is 23.4 Å². The van der Waals surface area contributed by atoms with Crippen LogP contribution in [0.15, 0.2) is 53.4 Å². The Bertz CT molecular complexity index is 749. The molecule has 1 aliphatic rings. The Balaban J connectivity index is 1.58. The van der Waals surface area contributed by atoms with Gasteiger partial charge in [0.2, 0.25) is 11.8 Å². The first-order valence-corrected chi connectivity index (χ1v) is 9.07. The fourth-order valence-electron chi connectivity index (χ4n) is 2.55. The molecule has 2 amide bonds. The summed E-state index contributed by atoms with van der Waals surface area (Å²) in [6.07, 6.45) is 1.47. The zero-order valence-corrected chi connectivity index (χ0v) is 14.6. The number of anilines is 2. The summed E-state index contributed by atoms with van der Waals surface area (Å²) < 4.78 is 0. The molecular formula is C18H17ClN2O2S. The molecule has 0 aromatic heterocycles. The maximum atomic E-state index is 12.1. The van der Waals surface area contributed by atoms with Gasteiger partial charge in [0.1, 0.15) is 0 Å². The molecule has 3 rings (SSSR count). The minimum Gasteiger partial charge on any atom is -0.325 e. The standard InChI is InChI=1S/C18H17ClN2O2S/c19-13-6-8-16(9-7-13)24-12-17(22)20-14-3-1-4-15(11-14)21-10-2-5-18(21)23/h1,3-4,6-9,11H,2,5,10,12H2,(H,20,22). The van der Waals surface area contributed by atoms with Gasteiger partial charge in [-0.1, -0.05) is 17.7 Å². The molecule has 0 unspecified atom stereocenters. The number of rotatable bonds is 5. The van der Waals surface area contributed by atoms with Crippen LogP contribution in [0.25, 0.3) is 0 Å². The number of amides is 2. The Morgan fingerprint density at radius 1 is 1.21 bits per heavy atom. The van der Waals surface area contributed by atoms with Crippen molar-refractivity contribution in [1.82, 2.24) is 0 Å². The SMILES string of the molecule is O=C(CSc1ccc(Cl)cc1)Nc1cccc(N2CCCC2=O)c1. The normalized spacial score (nSPS) is 14.0. The zero-order chi connectivity index (χ0) is 16.9. The van der Waals surface area contributed by atoms with Crippen LogP contribution in [-0.2, 0) is 9.59 Å². The average molecular weight is 361 g/mol. The minimum atomic E-state index is -0.0835. The lowest BCUT2D eigenvalue weighted by atomic mass is 10.2. The van der Waals surface area contributed by atoms with Crippen molar-refractivity contribution in [3.63, 3.8) is 0 Å². The van der Waals surface area contributed by atoms with Crippen molar-refractivity contribution < 1.29 is 9.59 Å². The molecule has 6 heteroatoms. The van der Waals surface area contributed by atoms with Crippen molar-refractivity contribution in [3.05, 3.63) is 53.6 Å². The second-order valence-corrected chi connectivity index (χ2v) is 6.98. The number of hydrogen-bond donors (Lipinski definition) is 1. The molecule has 0 bridgehead atoms. The highest BCUT2D eigenvalue weighted by Gasteiger charge is 2.21. The predicted octanol–water partition coefficient (Wildman–Crippen LogP) is 4.20. The van der Waals surface area contributed by atoms with E-state index in [0.29, 0.717) is 22.9 Å². The Labute approximate surface area is 150 Å². The first-order valence-electron chi connectivity index (χ1n) is 7.70. The molecular weight excluding hydrogens is 344 g/mol. The molecule has 1 fully saturated rings. The van der Waals surface area contributed by atoms with E-state index in [1.54, 1.807) is 17.0 Å². The quantitative estimate of drug-likeness (QED) is 0.813. The van der Waals surface area contributed by atoms with Crippen molar-refractivity contribution in [1.29, 1.82) is 0 Å². The van der Waals surface area contributed by atoms with Crippen LogP contribution < -0.4 is 10.2 Å². The molecule has 0 saturated carbocycles. The van der Waals surface area contributed by atoms with Gasteiger partial charge < -0.3 is 10.2 Å². The monoisotopic (exact) mass is 360 g/mol. The van der Waals surface area contributed by atoms with Crippen LogP contribution in [-0.4, -0.2) is 24.1 Å². The smallest absolute Gasteiger partial charge is 0.234 e. The van der Waals surface area contributed by atoms with E-state index < -0.39 is 0 Å². The van der Waals surface area contributed by atoms with E-state index in [-0.39, 0.29) is 11.8 Å². The first kappa shape index (κ1) is 16.9. The minimum absolute atomic E-state index is 0.0835. The predicted molar refractivity (Wildman–Crippen MR) is 98.8 cm³/mol. The van der Waals surface area contributed by atoms with E-state index in [1.807, 2.05) is 36.4 Å². The van der Waals surface area contributed by atoms with Gasteiger partial charge in [-0.15, -0.1) is 11.8 Å². The molecule has 2 aromatic rings. The maximum Gasteiger partial charge on any atom is 0.234 e. The number of thioether (sulfide) groups is 1. The number of hydrogen-bond acceptors (Lipinski definition) is 3. The summed E-state index contributed by atoms with van der Waals surface area (Å²) in [6.45, 7) is 0.739. The first-order chi connectivity index (χ1) is 11.6. The fourth-order valence-corrected chi connectivity index (χ4v) is 3.37. The second-order valence-electron chi connectivity index (χ2n) is 5.49. The number of benzene rings is 2. The third kappa shape index (κ3) is 4.30. The van der Waals surface area contributed by atoms with Crippen molar-refractivity contribution in [2.24, 2.45) is 0 Å². The van der Waals surface area contributed by atoms with Gasteiger partial charge in [0, 0.05) is 34.3 Å². The van der Waals surface area contributed by atoms with Gasteiger partial charge in [-0.3, -0.25) is 9.59 Å². The Morgan fingerprint density at radius 2 is 2.00 bits per heavy atom. The van der Waals surface area contributed by atoms with Crippen LogP contribution in [0, 0.1) is 0 Å². The van der Waals surface area contributed by atoms with Gasteiger partial charge in [0.05, 0.1) is 5.75 Å². The third-order valence-electron chi connectivity index (χ3n) is 3.70. The van der Waals surface area contributed by atoms with Crippen LogP contribution in [0.2, 0.25) is 5.02 Å². The molecule has 1 aliphatic heterocycles. The number of halogens is 1. The van der Waals surface area contributed by atoms with Crippen LogP contribution in [0.4, 0.5) is 11.4 Å². The number of nitrogens with zero attached hydrogens (tertiary/aromatic N) is 1. The Hall–Kier alpha value is -1.98. The molecule has 1 saturated heterocycles. The number of carbonyl (C=O) groups is 2. The molecule has 24 heavy (non-hydrogen) atoms. The largest absolute Gasteiger partial charge is 0.325 e. The summed E-state index contributed by atoms with van der Waals surface area (Å²) in [5, 5.41) is 3.56. The van der Waals surface area contributed by atoms with Gasteiger partial charge in [0.15, 0.2) is 0 Å². The lowest BCUT2D eigenvalue weighted by Crippen LogP contribution is -2.23. The van der Waals surface area contributed by atoms with E-state index in [4.69, 9.17) is 11.6 Å². The van der Waals surface area contributed by atoms with Crippen molar-refractivity contribution in [3.8, 4) is 0 Å². The van der Waals surface area contributed by atoms with E-state index >= 15 is 0 Å². The van der Waals surface area contributed by atoms with E-state index in [1.165, 1.54) is 11.8 Å². The molecule has 0 spiro atoms. The topological polar surface area (TPSA) is 49.4 Å². The summed E-state index contributed by atoms with van der Waals surface area (Å²) in [7, 11) is 0. The molecule has 4 nitrogen and oxygen atoms in total. The van der Waals surface area contributed by atoms with Crippen LogP contribution in [0.1, 0.15) is 12.8 Å². The van der Waals surface area contributed by atoms with Crippen LogP contribution in [0.3, 0.4) is 0 Å². The van der Waals surface area contributed by atoms with Gasteiger partial charge in [-0.05, 0) is 48.9 Å². The highest BCUT2D eigenvalue weighted by atomic mass is 35.5. The van der Waals surface area contributed by atoms with Gasteiger partial charge >= 0.3 is 0 Å². The Morgan fingerprint density at radius 3 is 2.71 bits per heavy atom.